The minimum atomic E-state index is -0.459. The van der Waals surface area contributed by atoms with Gasteiger partial charge in [-0.05, 0) is 0 Å². The van der Waals surface area contributed by atoms with E-state index in [-0.39, 0.29) is 5.92 Å². The Bertz CT molecular complexity index is 165. The summed E-state index contributed by atoms with van der Waals surface area (Å²) in [5.41, 5.74) is 0.666. The highest BCUT2D eigenvalue weighted by atomic mass is 16.3. The van der Waals surface area contributed by atoms with Crippen molar-refractivity contribution < 1.29 is 5.11 Å². The largest absolute Gasteiger partial charge is 0.390 e. The van der Waals surface area contributed by atoms with Crippen LogP contribution >= 0.6 is 0 Å². The van der Waals surface area contributed by atoms with Crippen molar-refractivity contribution in [2.75, 3.05) is 6.54 Å². The highest BCUT2D eigenvalue weighted by Crippen LogP contribution is 2.12. The average Bonchev–Trinajstić information content (AvgIpc) is 1.95. The zero-order valence-corrected chi connectivity index (χ0v) is 5.96. The molecule has 3 N–H and O–H groups in total. The van der Waals surface area contributed by atoms with E-state index in [1.807, 2.05) is 6.92 Å². The van der Waals surface area contributed by atoms with E-state index < -0.39 is 6.10 Å². The van der Waals surface area contributed by atoms with Crippen LogP contribution in [0.4, 0.5) is 0 Å². The Kier molecular flexibility index (Phi) is 2.06. The average molecular weight is 140 g/mol. The van der Waals surface area contributed by atoms with Gasteiger partial charge in [0.2, 0.25) is 0 Å². The molecule has 0 saturated heterocycles. The number of hydrogen-bond donors (Lipinski definition) is 3. The maximum atomic E-state index is 9.38. The first-order valence-electron chi connectivity index (χ1n) is 3.37. The fourth-order valence-electron chi connectivity index (χ4n) is 1.02. The van der Waals surface area contributed by atoms with Gasteiger partial charge >= 0.3 is 0 Å². The molecule has 0 saturated carbocycles. The molecule has 0 aliphatic carbocycles. The van der Waals surface area contributed by atoms with Gasteiger partial charge in [-0.1, -0.05) is 6.92 Å². The molecular weight excluding hydrogens is 128 g/mol. The molecule has 0 aromatic heterocycles. The Labute approximate surface area is 60.3 Å². The van der Waals surface area contributed by atoms with E-state index >= 15 is 0 Å². The highest BCUT2D eigenvalue weighted by molar-refractivity contribution is 5.77. The number of nitrogens with one attached hydrogen (secondary N) is 2. The van der Waals surface area contributed by atoms with E-state index in [1.54, 1.807) is 6.20 Å². The van der Waals surface area contributed by atoms with Crippen molar-refractivity contribution in [3.63, 3.8) is 0 Å². The first-order valence-corrected chi connectivity index (χ1v) is 3.37. The topological polar surface area (TPSA) is 56.1 Å². The Morgan fingerprint density at radius 1 is 1.90 bits per heavy atom. The van der Waals surface area contributed by atoms with Gasteiger partial charge < -0.3 is 15.8 Å². The Balaban J connectivity index is 2.71. The summed E-state index contributed by atoms with van der Waals surface area (Å²) in [6.07, 6.45) is 2.42. The van der Waals surface area contributed by atoms with Crippen LogP contribution in [0.2, 0.25) is 0 Å². The van der Waals surface area contributed by atoms with Gasteiger partial charge in [0.1, 0.15) is 0 Å². The van der Waals surface area contributed by atoms with Gasteiger partial charge in [0.25, 0.3) is 0 Å². The van der Waals surface area contributed by atoms with Crippen LogP contribution in [0.5, 0.6) is 0 Å². The number of aliphatic hydroxyl groups excluding tert-OH is 1. The molecule has 1 aliphatic rings. The third-order valence-corrected chi connectivity index (χ3v) is 1.76. The molecular formula is C7H12N2O. The second-order valence-corrected chi connectivity index (χ2v) is 2.62. The summed E-state index contributed by atoms with van der Waals surface area (Å²) in [7, 11) is 0. The molecule has 0 fully saturated rings. The van der Waals surface area contributed by atoms with E-state index in [2.05, 4.69) is 5.32 Å². The highest BCUT2D eigenvalue weighted by Gasteiger charge is 2.19. The van der Waals surface area contributed by atoms with Gasteiger partial charge in [-0.15, -0.1) is 0 Å². The number of hydrogen-bond acceptors (Lipinski definition) is 3. The molecule has 1 heterocycles. The summed E-state index contributed by atoms with van der Waals surface area (Å²) >= 11 is 0. The van der Waals surface area contributed by atoms with Gasteiger partial charge in [0, 0.05) is 30.5 Å². The van der Waals surface area contributed by atoms with Crippen molar-refractivity contribution in [2.24, 2.45) is 5.92 Å². The second-order valence-electron chi connectivity index (χ2n) is 2.62. The van der Waals surface area contributed by atoms with E-state index in [9.17, 15) is 5.11 Å². The molecule has 1 aliphatic heterocycles. The standard InChI is InChI=1S/C7H12N2O/c1-5-3-9-4-6(2-8)7(5)10/h2,4-5,7-10H,3H2,1H3. The first kappa shape index (κ1) is 7.28. The van der Waals surface area contributed by atoms with Gasteiger partial charge in [-0.3, -0.25) is 0 Å². The summed E-state index contributed by atoms with van der Waals surface area (Å²) in [5.74, 6) is 0.210. The lowest BCUT2D eigenvalue weighted by Gasteiger charge is -2.24. The maximum Gasteiger partial charge on any atom is 0.0860 e. The summed E-state index contributed by atoms with van der Waals surface area (Å²) in [4.78, 5) is 0. The third kappa shape index (κ3) is 1.19. The fraction of sp³-hybridized carbons (Fsp3) is 0.571. The summed E-state index contributed by atoms with van der Waals surface area (Å²) in [6, 6.07) is 0. The monoisotopic (exact) mass is 140 g/mol. The predicted octanol–water partition coefficient (Wildman–Crippen LogP) is 0.120. The minimum absolute atomic E-state index is 0.210. The smallest absolute Gasteiger partial charge is 0.0860 e. The summed E-state index contributed by atoms with van der Waals surface area (Å²) in [6.45, 7) is 2.74. The lowest BCUT2D eigenvalue weighted by Crippen LogP contribution is -2.34. The van der Waals surface area contributed by atoms with Crippen molar-refractivity contribution in [3.05, 3.63) is 11.8 Å². The van der Waals surface area contributed by atoms with Crippen LogP contribution in [-0.2, 0) is 0 Å². The molecule has 1 rings (SSSR count). The SMILES string of the molecule is CC1CNC=C(C=N)C1O. The van der Waals surface area contributed by atoms with Gasteiger partial charge in [0.15, 0.2) is 0 Å². The summed E-state index contributed by atoms with van der Waals surface area (Å²) in [5, 5.41) is 19.3. The van der Waals surface area contributed by atoms with Crippen LogP contribution in [0.1, 0.15) is 6.92 Å². The van der Waals surface area contributed by atoms with Crippen molar-refractivity contribution in [2.45, 2.75) is 13.0 Å². The van der Waals surface area contributed by atoms with Gasteiger partial charge in [-0.25, -0.2) is 0 Å². The zero-order valence-electron chi connectivity index (χ0n) is 5.96. The molecule has 0 radical (unpaired) electrons. The molecule has 3 heteroatoms. The van der Waals surface area contributed by atoms with Crippen LogP contribution in [0.25, 0.3) is 0 Å². The van der Waals surface area contributed by atoms with Crippen LogP contribution in [0.3, 0.4) is 0 Å². The van der Waals surface area contributed by atoms with Gasteiger partial charge in [-0.2, -0.15) is 0 Å². The summed E-state index contributed by atoms with van der Waals surface area (Å²) < 4.78 is 0. The molecule has 56 valence electrons. The van der Waals surface area contributed by atoms with E-state index in [4.69, 9.17) is 5.41 Å². The quantitative estimate of drug-likeness (QED) is 0.453. The van der Waals surface area contributed by atoms with Gasteiger partial charge in [0.05, 0.1) is 6.10 Å². The molecule has 0 spiro atoms. The molecule has 10 heavy (non-hydrogen) atoms. The van der Waals surface area contributed by atoms with Crippen LogP contribution in [0, 0.1) is 11.3 Å². The van der Waals surface area contributed by atoms with Crippen molar-refractivity contribution in [1.29, 1.82) is 5.41 Å². The molecule has 0 aromatic carbocycles. The maximum absolute atomic E-state index is 9.38. The van der Waals surface area contributed by atoms with Crippen LogP contribution in [0.15, 0.2) is 11.8 Å². The molecule has 3 nitrogen and oxygen atoms in total. The normalized spacial score (nSPS) is 32.4. The van der Waals surface area contributed by atoms with E-state index in [1.165, 1.54) is 6.21 Å². The number of rotatable bonds is 1. The number of aliphatic hydroxyl groups is 1. The molecule has 0 bridgehead atoms. The van der Waals surface area contributed by atoms with E-state index in [0.717, 1.165) is 6.54 Å². The van der Waals surface area contributed by atoms with Crippen molar-refractivity contribution in [3.8, 4) is 0 Å². The minimum Gasteiger partial charge on any atom is -0.390 e. The second kappa shape index (κ2) is 2.84. The molecule has 0 aromatic rings. The predicted molar refractivity (Wildman–Crippen MR) is 40.0 cm³/mol. The molecule has 2 atom stereocenters. The van der Waals surface area contributed by atoms with Crippen LogP contribution < -0.4 is 5.32 Å². The molecule has 0 amide bonds. The zero-order chi connectivity index (χ0) is 7.56. The lowest BCUT2D eigenvalue weighted by molar-refractivity contribution is 0.150. The van der Waals surface area contributed by atoms with Crippen molar-refractivity contribution in [1.82, 2.24) is 5.32 Å². The Hall–Kier alpha value is -0.830. The van der Waals surface area contributed by atoms with Crippen LogP contribution in [-0.4, -0.2) is 24.0 Å². The Morgan fingerprint density at radius 3 is 3.10 bits per heavy atom. The Morgan fingerprint density at radius 2 is 2.60 bits per heavy atom. The first-order chi connectivity index (χ1) is 4.75. The van der Waals surface area contributed by atoms with Crippen molar-refractivity contribution >= 4 is 6.21 Å². The fourth-order valence-corrected chi connectivity index (χ4v) is 1.02. The lowest BCUT2D eigenvalue weighted by atomic mass is 9.96. The van der Waals surface area contributed by atoms with E-state index in [0.29, 0.717) is 5.57 Å². The third-order valence-electron chi connectivity index (χ3n) is 1.76. The molecule has 2 unspecified atom stereocenters.